The third-order valence-corrected chi connectivity index (χ3v) is 2.21. The molecule has 1 heterocycles. The number of aryl methyl sites for hydroxylation is 1. The van der Waals surface area contributed by atoms with Gasteiger partial charge in [0.2, 0.25) is 0 Å². The van der Waals surface area contributed by atoms with Crippen LogP contribution in [0.2, 0.25) is 0 Å². The Kier molecular flexibility index (Phi) is 3.25. The second-order valence-electron chi connectivity index (χ2n) is 3.48. The van der Waals surface area contributed by atoms with Crippen LogP contribution >= 0.6 is 0 Å². The van der Waals surface area contributed by atoms with Crippen molar-refractivity contribution < 1.29 is 0 Å². The molecule has 0 aromatic carbocycles. The average Bonchev–Trinajstić information content (AvgIpc) is 2.08. The maximum absolute atomic E-state index is 5.75. The van der Waals surface area contributed by atoms with Gasteiger partial charge in [0, 0.05) is 18.3 Å². The monoisotopic (exact) mass is 179 g/mol. The van der Waals surface area contributed by atoms with Crippen LogP contribution < -0.4 is 11.1 Å². The number of anilines is 1. The molecule has 0 aliphatic carbocycles. The number of aromatic nitrogens is 1. The summed E-state index contributed by atoms with van der Waals surface area (Å²) < 4.78 is 0. The lowest BCUT2D eigenvalue weighted by molar-refractivity contribution is 0.638. The zero-order valence-electron chi connectivity index (χ0n) is 8.41. The molecule has 13 heavy (non-hydrogen) atoms. The second-order valence-corrected chi connectivity index (χ2v) is 3.48. The molecule has 0 radical (unpaired) electrons. The van der Waals surface area contributed by atoms with E-state index in [9.17, 15) is 0 Å². The van der Waals surface area contributed by atoms with Crippen LogP contribution in [0.15, 0.2) is 18.5 Å². The van der Waals surface area contributed by atoms with E-state index in [1.54, 1.807) is 6.20 Å². The van der Waals surface area contributed by atoms with Gasteiger partial charge in [-0.1, -0.05) is 0 Å². The summed E-state index contributed by atoms with van der Waals surface area (Å²) in [7, 11) is 0. The van der Waals surface area contributed by atoms with Crippen LogP contribution in [0.5, 0.6) is 0 Å². The molecule has 2 unspecified atom stereocenters. The Morgan fingerprint density at radius 2 is 2.15 bits per heavy atom. The summed E-state index contributed by atoms with van der Waals surface area (Å²) in [5.74, 6) is 0. The van der Waals surface area contributed by atoms with Crippen molar-refractivity contribution in [1.29, 1.82) is 0 Å². The van der Waals surface area contributed by atoms with E-state index in [-0.39, 0.29) is 12.1 Å². The standard InChI is InChI=1S/C10H17N3/c1-7-4-5-12-6-10(7)13-9(3)8(2)11/h4-6,8-9,13H,11H2,1-3H3. The van der Waals surface area contributed by atoms with Gasteiger partial charge in [0.25, 0.3) is 0 Å². The van der Waals surface area contributed by atoms with Gasteiger partial charge >= 0.3 is 0 Å². The van der Waals surface area contributed by atoms with E-state index < -0.39 is 0 Å². The number of hydrogen-bond acceptors (Lipinski definition) is 3. The van der Waals surface area contributed by atoms with E-state index >= 15 is 0 Å². The normalized spacial score (nSPS) is 15.1. The number of nitrogens with two attached hydrogens (primary N) is 1. The van der Waals surface area contributed by atoms with Gasteiger partial charge in [0.15, 0.2) is 0 Å². The van der Waals surface area contributed by atoms with Gasteiger partial charge in [-0.2, -0.15) is 0 Å². The Morgan fingerprint density at radius 3 is 2.69 bits per heavy atom. The molecule has 0 aliphatic heterocycles. The van der Waals surface area contributed by atoms with Crippen LogP contribution in [-0.4, -0.2) is 17.1 Å². The first-order chi connectivity index (χ1) is 6.11. The van der Waals surface area contributed by atoms with Gasteiger partial charge < -0.3 is 11.1 Å². The average molecular weight is 179 g/mol. The summed E-state index contributed by atoms with van der Waals surface area (Å²) in [6.07, 6.45) is 3.62. The zero-order valence-corrected chi connectivity index (χ0v) is 8.41. The predicted molar refractivity (Wildman–Crippen MR) is 55.7 cm³/mol. The maximum atomic E-state index is 5.75. The summed E-state index contributed by atoms with van der Waals surface area (Å²) in [6.45, 7) is 6.11. The Bertz CT molecular complexity index is 271. The number of hydrogen-bond donors (Lipinski definition) is 2. The molecule has 0 bridgehead atoms. The molecule has 0 amide bonds. The molecule has 72 valence electrons. The first-order valence-corrected chi connectivity index (χ1v) is 4.54. The highest BCUT2D eigenvalue weighted by atomic mass is 15.0. The molecule has 1 aromatic rings. The third kappa shape index (κ3) is 2.70. The van der Waals surface area contributed by atoms with Crippen LogP contribution in [0.4, 0.5) is 5.69 Å². The number of nitrogens with one attached hydrogen (secondary N) is 1. The van der Waals surface area contributed by atoms with E-state index in [2.05, 4.69) is 24.1 Å². The smallest absolute Gasteiger partial charge is 0.0559 e. The predicted octanol–water partition coefficient (Wildman–Crippen LogP) is 1.54. The fourth-order valence-electron chi connectivity index (χ4n) is 0.992. The van der Waals surface area contributed by atoms with Crippen molar-refractivity contribution in [3.63, 3.8) is 0 Å². The van der Waals surface area contributed by atoms with Gasteiger partial charge in [-0.05, 0) is 32.4 Å². The van der Waals surface area contributed by atoms with Crippen LogP contribution in [0.3, 0.4) is 0 Å². The van der Waals surface area contributed by atoms with Crippen molar-refractivity contribution in [3.8, 4) is 0 Å². The molecule has 1 aromatic heterocycles. The minimum atomic E-state index is 0.139. The van der Waals surface area contributed by atoms with Crippen molar-refractivity contribution in [2.75, 3.05) is 5.32 Å². The maximum Gasteiger partial charge on any atom is 0.0559 e. The number of pyridine rings is 1. The highest BCUT2D eigenvalue weighted by molar-refractivity contribution is 5.48. The van der Waals surface area contributed by atoms with Crippen molar-refractivity contribution >= 4 is 5.69 Å². The molecular weight excluding hydrogens is 162 g/mol. The van der Waals surface area contributed by atoms with Gasteiger partial charge in [-0.3, -0.25) is 4.98 Å². The Hall–Kier alpha value is -1.09. The topological polar surface area (TPSA) is 50.9 Å². The zero-order chi connectivity index (χ0) is 9.84. The molecule has 1 rings (SSSR count). The lowest BCUT2D eigenvalue weighted by Gasteiger charge is -2.19. The van der Waals surface area contributed by atoms with Gasteiger partial charge in [-0.25, -0.2) is 0 Å². The molecule has 3 heteroatoms. The first kappa shape index (κ1) is 9.99. The van der Waals surface area contributed by atoms with Crippen LogP contribution in [-0.2, 0) is 0 Å². The molecule has 3 nitrogen and oxygen atoms in total. The summed E-state index contributed by atoms with van der Waals surface area (Å²) in [5.41, 5.74) is 8.01. The van der Waals surface area contributed by atoms with Gasteiger partial charge in [0.1, 0.15) is 0 Å². The fraction of sp³-hybridized carbons (Fsp3) is 0.500. The number of nitrogens with zero attached hydrogens (tertiary/aromatic N) is 1. The van der Waals surface area contributed by atoms with E-state index in [0.29, 0.717) is 0 Å². The van der Waals surface area contributed by atoms with E-state index in [1.165, 1.54) is 5.56 Å². The van der Waals surface area contributed by atoms with Crippen molar-refractivity contribution in [2.45, 2.75) is 32.9 Å². The van der Waals surface area contributed by atoms with Crippen molar-refractivity contribution in [1.82, 2.24) is 4.98 Å². The first-order valence-electron chi connectivity index (χ1n) is 4.54. The van der Waals surface area contributed by atoms with Crippen LogP contribution in [0.25, 0.3) is 0 Å². The molecule has 3 N–H and O–H groups in total. The summed E-state index contributed by atoms with van der Waals surface area (Å²) in [6, 6.07) is 2.39. The van der Waals surface area contributed by atoms with Crippen LogP contribution in [0.1, 0.15) is 19.4 Å². The molecule has 2 atom stereocenters. The van der Waals surface area contributed by atoms with Crippen molar-refractivity contribution in [2.24, 2.45) is 5.73 Å². The minimum Gasteiger partial charge on any atom is -0.380 e. The van der Waals surface area contributed by atoms with Crippen molar-refractivity contribution in [3.05, 3.63) is 24.0 Å². The van der Waals surface area contributed by atoms with E-state index in [0.717, 1.165) is 5.69 Å². The van der Waals surface area contributed by atoms with Gasteiger partial charge in [0.05, 0.1) is 11.9 Å². The summed E-state index contributed by atoms with van der Waals surface area (Å²) in [4.78, 5) is 4.05. The fourth-order valence-corrected chi connectivity index (χ4v) is 0.992. The highest BCUT2D eigenvalue weighted by Crippen LogP contribution is 2.13. The molecule has 0 saturated heterocycles. The molecule has 0 spiro atoms. The SMILES string of the molecule is Cc1ccncc1NC(C)C(C)N. The Morgan fingerprint density at radius 1 is 1.46 bits per heavy atom. The summed E-state index contributed by atoms with van der Waals surface area (Å²) in [5, 5.41) is 3.32. The van der Waals surface area contributed by atoms with E-state index in [4.69, 9.17) is 5.73 Å². The molecular formula is C10H17N3. The quantitative estimate of drug-likeness (QED) is 0.740. The Labute approximate surface area is 79.4 Å². The summed E-state index contributed by atoms with van der Waals surface area (Å²) >= 11 is 0. The van der Waals surface area contributed by atoms with Crippen LogP contribution in [0, 0.1) is 6.92 Å². The van der Waals surface area contributed by atoms with Gasteiger partial charge in [-0.15, -0.1) is 0 Å². The lowest BCUT2D eigenvalue weighted by Crippen LogP contribution is -2.35. The van der Waals surface area contributed by atoms with E-state index in [1.807, 2.05) is 19.2 Å². The second kappa shape index (κ2) is 4.23. The lowest BCUT2D eigenvalue weighted by atomic mass is 10.1. The molecule has 0 fully saturated rings. The molecule has 0 saturated carbocycles. The third-order valence-electron chi connectivity index (χ3n) is 2.21. The Balaban J connectivity index is 2.69. The highest BCUT2D eigenvalue weighted by Gasteiger charge is 2.07. The number of rotatable bonds is 3. The largest absolute Gasteiger partial charge is 0.380 e. The minimum absolute atomic E-state index is 0.139. The molecule has 0 aliphatic rings.